The fourth-order valence-electron chi connectivity index (χ4n) is 4.12. The van der Waals surface area contributed by atoms with Crippen LogP contribution < -0.4 is 14.8 Å². The van der Waals surface area contributed by atoms with Crippen LogP contribution in [0.3, 0.4) is 0 Å². The van der Waals surface area contributed by atoms with Crippen molar-refractivity contribution >= 4 is 34.1 Å². The smallest absolute Gasteiger partial charge is 0.259 e. The number of aryl methyl sites for hydroxylation is 1. The van der Waals surface area contributed by atoms with Crippen molar-refractivity contribution in [2.45, 2.75) is 45.4 Å². The van der Waals surface area contributed by atoms with Crippen molar-refractivity contribution in [2.24, 2.45) is 4.99 Å². The SMILES string of the molecule is CCOc1cc(C=Nc2sc3c(c2C(=O)Nc2ccccc2)CCCCCC3)ccc1OC. The van der Waals surface area contributed by atoms with Gasteiger partial charge < -0.3 is 14.8 Å². The van der Waals surface area contributed by atoms with Gasteiger partial charge in [-0.2, -0.15) is 0 Å². The first kappa shape index (κ1) is 23.1. The van der Waals surface area contributed by atoms with Gasteiger partial charge in [-0.1, -0.05) is 31.0 Å². The summed E-state index contributed by atoms with van der Waals surface area (Å²) in [6.07, 6.45) is 8.46. The summed E-state index contributed by atoms with van der Waals surface area (Å²) in [7, 11) is 1.63. The molecule has 33 heavy (non-hydrogen) atoms. The van der Waals surface area contributed by atoms with Gasteiger partial charge in [0.15, 0.2) is 11.5 Å². The molecule has 3 aromatic rings. The third-order valence-electron chi connectivity index (χ3n) is 5.73. The second-order valence-corrected chi connectivity index (χ2v) is 9.10. The predicted molar refractivity (Wildman–Crippen MR) is 136 cm³/mol. The van der Waals surface area contributed by atoms with Gasteiger partial charge in [0.05, 0.1) is 19.3 Å². The van der Waals surface area contributed by atoms with E-state index < -0.39 is 0 Å². The number of amides is 1. The van der Waals surface area contributed by atoms with E-state index in [0.717, 1.165) is 47.5 Å². The largest absolute Gasteiger partial charge is 0.493 e. The third kappa shape index (κ3) is 5.63. The summed E-state index contributed by atoms with van der Waals surface area (Å²) in [6.45, 7) is 2.50. The lowest BCUT2D eigenvalue weighted by Crippen LogP contribution is -2.14. The van der Waals surface area contributed by atoms with Crippen LogP contribution in [0.1, 0.15) is 59.0 Å². The molecule has 1 heterocycles. The summed E-state index contributed by atoms with van der Waals surface area (Å²) in [6, 6.07) is 15.3. The number of thiophene rings is 1. The van der Waals surface area contributed by atoms with Gasteiger partial charge in [-0.3, -0.25) is 4.79 Å². The molecule has 0 bridgehead atoms. The van der Waals surface area contributed by atoms with Crippen LogP contribution in [0.25, 0.3) is 0 Å². The van der Waals surface area contributed by atoms with Crippen molar-refractivity contribution in [2.75, 3.05) is 19.0 Å². The first-order valence-corrected chi connectivity index (χ1v) is 12.4. The van der Waals surface area contributed by atoms with Gasteiger partial charge in [0.1, 0.15) is 5.00 Å². The summed E-state index contributed by atoms with van der Waals surface area (Å²) in [5.74, 6) is 1.29. The number of fused-ring (bicyclic) bond motifs is 1. The quantitative estimate of drug-likeness (QED) is 0.392. The van der Waals surface area contributed by atoms with Crippen molar-refractivity contribution in [1.29, 1.82) is 0 Å². The van der Waals surface area contributed by atoms with Crippen LogP contribution in [0.15, 0.2) is 53.5 Å². The minimum absolute atomic E-state index is 0.0869. The maximum atomic E-state index is 13.4. The molecule has 0 radical (unpaired) electrons. The van der Waals surface area contributed by atoms with Crippen LogP contribution in [-0.2, 0) is 12.8 Å². The molecule has 2 aromatic carbocycles. The Morgan fingerprint density at radius 2 is 1.85 bits per heavy atom. The molecule has 1 N–H and O–H groups in total. The number of nitrogens with zero attached hydrogens (tertiary/aromatic N) is 1. The average molecular weight is 463 g/mol. The van der Waals surface area contributed by atoms with E-state index >= 15 is 0 Å². The first-order valence-electron chi connectivity index (χ1n) is 11.6. The minimum atomic E-state index is -0.0869. The number of carbonyl (C=O) groups is 1. The zero-order chi connectivity index (χ0) is 23.0. The standard InChI is InChI=1S/C27H30N2O3S/c1-3-32-23-17-19(15-16-22(23)31-2)18-28-27-25(26(30)29-20-11-7-6-8-12-20)21-13-9-4-5-10-14-24(21)33-27/h6-8,11-12,15-18H,3-5,9-10,13-14H2,1-2H3,(H,29,30). The normalized spacial score (nSPS) is 13.8. The Hall–Kier alpha value is -3.12. The van der Waals surface area contributed by atoms with Gasteiger partial charge in [-0.15, -0.1) is 11.3 Å². The van der Waals surface area contributed by atoms with Gasteiger partial charge in [-0.05, 0) is 74.1 Å². The Morgan fingerprint density at radius 1 is 1.06 bits per heavy atom. The Kier molecular flexibility index (Phi) is 7.79. The van der Waals surface area contributed by atoms with E-state index in [-0.39, 0.29) is 5.91 Å². The molecule has 0 fully saturated rings. The van der Waals surface area contributed by atoms with E-state index in [2.05, 4.69) is 5.32 Å². The van der Waals surface area contributed by atoms with E-state index in [1.807, 2.05) is 55.5 Å². The Bertz CT molecular complexity index is 1120. The highest BCUT2D eigenvalue weighted by atomic mass is 32.1. The number of anilines is 1. The van der Waals surface area contributed by atoms with Crippen molar-refractivity contribution in [1.82, 2.24) is 0 Å². The molecule has 0 saturated heterocycles. The molecule has 1 aliphatic carbocycles. The third-order valence-corrected chi connectivity index (χ3v) is 6.93. The van der Waals surface area contributed by atoms with E-state index in [1.165, 1.54) is 23.3 Å². The lowest BCUT2D eigenvalue weighted by Gasteiger charge is -2.12. The Morgan fingerprint density at radius 3 is 2.61 bits per heavy atom. The van der Waals surface area contributed by atoms with Crippen LogP contribution >= 0.6 is 11.3 Å². The van der Waals surface area contributed by atoms with Crippen LogP contribution in [0, 0.1) is 0 Å². The lowest BCUT2D eigenvalue weighted by molar-refractivity contribution is 0.102. The van der Waals surface area contributed by atoms with E-state index in [1.54, 1.807) is 24.7 Å². The van der Waals surface area contributed by atoms with Gasteiger partial charge in [0, 0.05) is 16.8 Å². The van der Waals surface area contributed by atoms with Gasteiger partial charge >= 0.3 is 0 Å². The molecule has 1 aromatic heterocycles. The van der Waals surface area contributed by atoms with Crippen molar-refractivity contribution in [3.05, 3.63) is 70.1 Å². The minimum Gasteiger partial charge on any atom is -0.493 e. The van der Waals surface area contributed by atoms with Crippen molar-refractivity contribution in [3.8, 4) is 11.5 Å². The molecule has 172 valence electrons. The van der Waals surface area contributed by atoms with Crippen molar-refractivity contribution in [3.63, 3.8) is 0 Å². The van der Waals surface area contributed by atoms with Gasteiger partial charge in [0.2, 0.25) is 0 Å². The topological polar surface area (TPSA) is 59.9 Å². The zero-order valence-electron chi connectivity index (χ0n) is 19.2. The monoisotopic (exact) mass is 462 g/mol. The Labute approximate surface area is 199 Å². The molecule has 0 spiro atoms. The highest BCUT2D eigenvalue weighted by Crippen LogP contribution is 2.39. The van der Waals surface area contributed by atoms with Gasteiger partial charge in [-0.25, -0.2) is 4.99 Å². The Balaban J connectivity index is 1.69. The molecule has 0 atom stereocenters. The highest BCUT2D eigenvalue weighted by molar-refractivity contribution is 7.16. The number of aliphatic imine (C=N–C) groups is 1. The average Bonchev–Trinajstić information content (AvgIpc) is 3.15. The predicted octanol–water partition coefficient (Wildman–Crippen LogP) is 6.82. The van der Waals surface area contributed by atoms with E-state index in [9.17, 15) is 4.79 Å². The number of ether oxygens (including phenoxy) is 2. The van der Waals surface area contributed by atoms with Crippen LogP contribution in [0.4, 0.5) is 10.7 Å². The molecule has 5 nitrogen and oxygen atoms in total. The number of hydrogen-bond donors (Lipinski definition) is 1. The number of carbonyl (C=O) groups excluding carboxylic acids is 1. The maximum absolute atomic E-state index is 13.4. The summed E-state index contributed by atoms with van der Waals surface area (Å²) < 4.78 is 11.1. The number of benzene rings is 2. The van der Waals surface area contributed by atoms with Crippen LogP contribution in [-0.4, -0.2) is 25.8 Å². The van der Waals surface area contributed by atoms with Gasteiger partial charge in [0.25, 0.3) is 5.91 Å². The summed E-state index contributed by atoms with van der Waals surface area (Å²) in [4.78, 5) is 19.5. The van der Waals surface area contributed by atoms with Crippen molar-refractivity contribution < 1.29 is 14.3 Å². The van der Waals surface area contributed by atoms with Crippen LogP contribution in [0.5, 0.6) is 11.5 Å². The molecule has 1 aliphatic rings. The fraction of sp³-hybridized carbons (Fsp3) is 0.333. The summed E-state index contributed by atoms with van der Waals surface area (Å²) >= 11 is 1.65. The number of para-hydroxylation sites is 1. The summed E-state index contributed by atoms with van der Waals surface area (Å²) in [5.41, 5.74) is 3.58. The zero-order valence-corrected chi connectivity index (χ0v) is 20.0. The molecule has 0 aliphatic heterocycles. The molecule has 0 saturated carbocycles. The second kappa shape index (κ2) is 11.1. The highest BCUT2D eigenvalue weighted by Gasteiger charge is 2.24. The summed E-state index contributed by atoms with van der Waals surface area (Å²) in [5, 5.41) is 3.83. The van der Waals surface area contributed by atoms with E-state index in [0.29, 0.717) is 18.1 Å². The molecule has 4 rings (SSSR count). The van der Waals surface area contributed by atoms with E-state index in [4.69, 9.17) is 14.5 Å². The first-order chi connectivity index (χ1) is 16.2. The molecule has 1 amide bonds. The number of nitrogens with one attached hydrogen (secondary N) is 1. The molecule has 6 heteroatoms. The second-order valence-electron chi connectivity index (χ2n) is 8.02. The molecular weight excluding hydrogens is 432 g/mol. The lowest BCUT2D eigenvalue weighted by atomic mass is 9.96. The molecular formula is C27H30N2O3S. The number of methoxy groups -OCH3 is 1. The molecule has 0 unspecified atom stereocenters. The fourth-order valence-corrected chi connectivity index (χ4v) is 5.35. The number of rotatable bonds is 7. The number of hydrogen-bond acceptors (Lipinski definition) is 5. The maximum Gasteiger partial charge on any atom is 0.259 e. The van der Waals surface area contributed by atoms with Crippen LogP contribution in [0.2, 0.25) is 0 Å².